The number of halogens is 1. The van der Waals surface area contributed by atoms with Crippen LogP contribution in [-0.2, 0) is 12.0 Å². The second kappa shape index (κ2) is 10.6. The van der Waals surface area contributed by atoms with Crippen LogP contribution in [0.25, 0.3) is 0 Å². The first-order valence-electron chi connectivity index (χ1n) is 7.80. The smallest absolute Gasteiger partial charge is 0.191 e. The van der Waals surface area contributed by atoms with Crippen molar-refractivity contribution in [3.05, 3.63) is 52.5 Å². The van der Waals surface area contributed by atoms with E-state index < -0.39 is 5.60 Å². The van der Waals surface area contributed by atoms with E-state index in [4.69, 9.17) is 0 Å². The summed E-state index contributed by atoms with van der Waals surface area (Å²) in [5, 5.41) is 19.0. The van der Waals surface area contributed by atoms with E-state index in [1.807, 2.05) is 42.6 Å². The highest BCUT2D eigenvalue weighted by atomic mass is 127. The number of rotatable bonds is 7. The molecular formula is C17H25IN4OS. The van der Waals surface area contributed by atoms with Crippen molar-refractivity contribution < 1.29 is 5.11 Å². The number of guanidine groups is 1. The summed E-state index contributed by atoms with van der Waals surface area (Å²) >= 11 is 1.54. The van der Waals surface area contributed by atoms with E-state index >= 15 is 0 Å². The molecule has 0 aliphatic heterocycles. The molecule has 3 N–H and O–H groups in total. The molecule has 0 aromatic carbocycles. The van der Waals surface area contributed by atoms with Crippen LogP contribution in [0.4, 0.5) is 0 Å². The molecule has 2 aromatic heterocycles. The van der Waals surface area contributed by atoms with Gasteiger partial charge in [-0.2, -0.15) is 0 Å². The lowest BCUT2D eigenvalue weighted by Gasteiger charge is -2.20. The average molecular weight is 460 g/mol. The molecule has 2 rings (SSSR count). The van der Waals surface area contributed by atoms with E-state index in [0.717, 1.165) is 30.1 Å². The fraction of sp³-hybridized carbons (Fsp3) is 0.412. The van der Waals surface area contributed by atoms with Crippen molar-refractivity contribution in [1.29, 1.82) is 0 Å². The van der Waals surface area contributed by atoms with Gasteiger partial charge in [-0.15, -0.1) is 35.3 Å². The molecule has 2 aromatic rings. The van der Waals surface area contributed by atoms with Gasteiger partial charge in [-0.25, -0.2) is 4.99 Å². The van der Waals surface area contributed by atoms with Gasteiger partial charge in [-0.1, -0.05) is 12.1 Å². The summed E-state index contributed by atoms with van der Waals surface area (Å²) in [6, 6.07) is 9.78. The summed E-state index contributed by atoms with van der Waals surface area (Å²) in [5.41, 5.74) is 0.0961. The van der Waals surface area contributed by atoms with Crippen LogP contribution >= 0.6 is 35.3 Å². The molecule has 5 nitrogen and oxygen atoms in total. The number of hydrogen-bond acceptors (Lipinski definition) is 4. The minimum atomic E-state index is -0.947. The lowest BCUT2D eigenvalue weighted by molar-refractivity contribution is 0.0711. The van der Waals surface area contributed by atoms with Crippen molar-refractivity contribution in [2.24, 2.45) is 4.99 Å². The van der Waals surface area contributed by atoms with Crippen LogP contribution in [0.5, 0.6) is 0 Å². The Morgan fingerprint density at radius 3 is 2.75 bits per heavy atom. The van der Waals surface area contributed by atoms with Gasteiger partial charge in [0.25, 0.3) is 0 Å². The predicted octanol–water partition coefficient (Wildman–Crippen LogP) is 2.77. The Morgan fingerprint density at radius 1 is 1.29 bits per heavy atom. The molecule has 0 radical (unpaired) electrons. The maximum Gasteiger partial charge on any atom is 0.191 e. The topological polar surface area (TPSA) is 69.5 Å². The number of aliphatic hydroxyl groups is 1. The number of aromatic nitrogens is 1. The summed E-state index contributed by atoms with van der Waals surface area (Å²) < 4.78 is 0. The maximum atomic E-state index is 10.5. The lowest BCUT2D eigenvalue weighted by atomic mass is 10.1. The Labute approximate surface area is 164 Å². The zero-order valence-electron chi connectivity index (χ0n) is 14.0. The Bertz CT molecular complexity index is 602. The van der Waals surface area contributed by atoms with Gasteiger partial charge >= 0.3 is 0 Å². The number of hydrogen-bond donors (Lipinski definition) is 3. The highest BCUT2D eigenvalue weighted by Crippen LogP contribution is 2.25. The minimum absolute atomic E-state index is 0. The van der Waals surface area contributed by atoms with E-state index in [0.29, 0.717) is 12.5 Å². The lowest BCUT2D eigenvalue weighted by Crippen LogP contribution is -2.39. The van der Waals surface area contributed by atoms with Crippen molar-refractivity contribution in [1.82, 2.24) is 15.6 Å². The van der Waals surface area contributed by atoms with E-state index in [1.54, 1.807) is 24.5 Å². The van der Waals surface area contributed by atoms with Gasteiger partial charge in [0.2, 0.25) is 0 Å². The van der Waals surface area contributed by atoms with Gasteiger partial charge in [-0.3, -0.25) is 4.98 Å². The van der Waals surface area contributed by atoms with Crippen LogP contribution in [0.1, 0.15) is 24.4 Å². The highest BCUT2D eigenvalue weighted by molar-refractivity contribution is 14.0. The number of nitrogens with one attached hydrogen (secondary N) is 2. The molecule has 1 atom stereocenters. The fourth-order valence-electron chi connectivity index (χ4n) is 2.09. The van der Waals surface area contributed by atoms with Crippen molar-refractivity contribution in [3.8, 4) is 0 Å². The molecule has 1 unspecified atom stereocenters. The maximum absolute atomic E-state index is 10.5. The Morgan fingerprint density at radius 2 is 2.12 bits per heavy atom. The standard InChI is InChI=1S/C17H24N4OS.HI/c1-3-18-16(20-11-9-14-7-4-5-10-19-14)21-13-17(2,22)15-8-6-12-23-15;/h4-8,10,12,22H,3,9,11,13H2,1-2H3,(H2,18,20,21);1H. The zero-order valence-corrected chi connectivity index (χ0v) is 17.2. The molecule has 0 saturated heterocycles. The largest absolute Gasteiger partial charge is 0.383 e. The zero-order chi connectivity index (χ0) is 16.5. The summed E-state index contributed by atoms with van der Waals surface area (Å²) in [4.78, 5) is 9.73. The SMILES string of the molecule is CCNC(=NCC(C)(O)c1cccs1)NCCc1ccccn1.I. The second-order valence-electron chi connectivity index (χ2n) is 5.44. The summed E-state index contributed by atoms with van der Waals surface area (Å²) in [6.07, 6.45) is 2.62. The third kappa shape index (κ3) is 6.74. The second-order valence-corrected chi connectivity index (χ2v) is 6.39. The van der Waals surface area contributed by atoms with Crippen LogP contribution in [-0.4, -0.2) is 35.7 Å². The molecule has 2 heterocycles. The molecule has 0 aliphatic carbocycles. The molecule has 0 bridgehead atoms. The molecule has 0 amide bonds. The van der Waals surface area contributed by atoms with Gasteiger partial charge in [0.1, 0.15) is 5.60 Å². The van der Waals surface area contributed by atoms with Crippen molar-refractivity contribution in [3.63, 3.8) is 0 Å². The van der Waals surface area contributed by atoms with Crippen LogP contribution < -0.4 is 10.6 Å². The van der Waals surface area contributed by atoms with Gasteiger partial charge in [-0.05, 0) is 37.4 Å². The quantitative estimate of drug-likeness (QED) is 0.338. The van der Waals surface area contributed by atoms with Crippen molar-refractivity contribution >= 4 is 41.3 Å². The summed E-state index contributed by atoms with van der Waals surface area (Å²) in [7, 11) is 0. The average Bonchev–Trinajstić information content (AvgIpc) is 3.09. The van der Waals surface area contributed by atoms with Gasteiger partial charge < -0.3 is 15.7 Å². The van der Waals surface area contributed by atoms with Crippen LogP contribution in [0.2, 0.25) is 0 Å². The molecule has 24 heavy (non-hydrogen) atoms. The Kier molecular flexibility index (Phi) is 9.24. The first-order chi connectivity index (χ1) is 11.1. The van der Waals surface area contributed by atoms with Crippen LogP contribution in [0.3, 0.4) is 0 Å². The summed E-state index contributed by atoms with van der Waals surface area (Å²) in [5.74, 6) is 0.709. The molecule has 0 fully saturated rings. The summed E-state index contributed by atoms with van der Waals surface area (Å²) in [6.45, 7) is 5.64. The molecule has 0 spiro atoms. The van der Waals surface area contributed by atoms with Crippen LogP contribution in [0.15, 0.2) is 46.9 Å². The number of thiophene rings is 1. The Hall–Kier alpha value is -1.19. The minimum Gasteiger partial charge on any atom is -0.383 e. The van der Waals surface area contributed by atoms with E-state index in [2.05, 4.69) is 20.6 Å². The first-order valence-corrected chi connectivity index (χ1v) is 8.68. The Balaban J connectivity index is 0.00000288. The highest BCUT2D eigenvalue weighted by Gasteiger charge is 2.23. The van der Waals surface area contributed by atoms with Crippen molar-refractivity contribution in [2.75, 3.05) is 19.6 Å². The fourth-order valence-corrected chi connectivity index (χ4v) is 2.87. The van der Waals surface area contributed by atoms with Gasteiger partial charge in [0.15, 0.2) is 5.96 Å². The van der Waals surface area contributed by atoms with Gasteiger partial charge in [0, 0.05) is 36.3 Å². The third-order valence-electron chi connectivity index (χ3n) is 3.34. The monoisotopic (exact) mass is 460 g/mol. The predicted molar refractivity (Wildman–Crippen MR) is 111 cm³/mol. The van der Waals surface area contributed by atoms with E-state index in [1.165, 1.54) is 0 Å². The number of pyridine rings is 1. The van der Waals surface area contributed by atoms with E-state index in [-0.39, 0.29) is 24.0 Å². The number of aliphatic imine (C=N–C) groups is 1. The third-order valence-corrected chi connectivity index (χ3v) is 4.46. The van der Waals surface area contributed by atoms with Gasteiger partial charge in [0.05, 0.1) is 6.54 Å². The molecule has 0 saturated carbocycles. The van der Waals surface area contributed by atoms with E-state index in [9.17, 15) is 5.11 Å². The molecule has 132 valence electrons. The molecular weight excluding hydrogens is 435 g/mol. The first kappa shape index (κ1) is 20.9. The van der Waals surface area contributed by atoms with Crippen molar-refractivity contribution in [2.45, 2.75) is 25.9 Å². The number of nitrogens with zero attached hydrogens (tertiary/aromatic N) is 2. The molecule has 7 heteroatoms. The van der Waals surface area contributed by atoms with Crippen LogP contribution in [0, 0.1) is 0 Å². The normalized spacial score (nSPS) is 13.7. The molecule has 0 aliphatic rings.